The number of aliphatic hydroxyl groups excluding tert-OH is 2. The quantitative estimate of drug-likeness (QED) is 0.532. The minimum Gasteiger partial charge on any atom is -0.480 e. The van der Waals surface area contributed by atoms with Crippen LogP contribution < -0.4 is 0 Å². The van der Waals surface area contributed by atoms with Crippen molar-refractivity contribution in [3.63, 3.8) is 0 Å². The standard InChI is InChI=1S/C10H16N2O5/c13-6-1-2-11(4-6)10(17)12-5-7(14)3-8(12)9(15)16/h6-8,13-14H,1-5H2,(H,15,16)/t6?,7-,8+/m1/s1. The maximum atomic E-state index is 12.0. The first-order valence-corrected chi connectivity index (χ1v) is 5.63. The van der Waals surface area contributed by atoms with Gasteiger partial charge in [0.1, 0.15) is 6.04 Å². The van der Waals surface area contributed by atoms with Gasteiger partial charge in [-0.3, -0.25) is 0 Å². The van der Waals surface area contributed by atoms with Crippen LogP contribution in [0.5, 0.6) is 0 Å². The second-order valence-corrected chi connectivity index (χ2v) is 4.57. The van der Waals surface area contributed by atoms with E-state index in [-0.39, 0.29) is 19.5 Å². The third kappa shape index (κ3) is 2.34. The van der Waals surface area contributed by atoms with Crippen LogP contribution in [0.3, 0.4) is 0 Å². The molecule has 17 heavy (non-hydrogen) atoms. The summed E-state index contributed by atoms with van der Waals surface area (Å²) in [6.45, 7) is 0.707. The Bertz CT molecular complexity index is 335. The van der Waals surface area contributed by atoms with E-state index >= 15 is 0 Å². The molecule has 96 valence electrons. The predicted octanol–water partition coefficient (Wildman–Crippen LogP) is -1.31. The van der Waals surface area contributed by atoms with Crippen molar-refractivity contribution in [3.05, 3.63) is 0 Å². The molecule has 0 saturated carbocycles. The van der Waals surface area contributed by atoms with Crippen molar-refractivity contribution in [1.82, 2.24) is 9.80 Å². The number of carbonyl (C=O) groups excluding carboxylic acids is 1. The molecule has 2 aliphatic heterocycles. The van der Waals surface area contributed by atoms with Gasteiger partial charge in [-0.25, -0.2) is 9.59 Å². The van der Waals surface area contributed by atoms with E-state index in [4.69, 9.17) is 5.11 Å². The Morgan fingerprint density at radius 2 is 1.82 bits per heavy atom. The zero-order valence-electron chi connectivity index (χ0n) is 9.32. The van der Waals surface area contributed by atoms with Crippen LogP contribution >= 0.6 is 0 Å². The van der Waals surface area contributed by atoms with Crippen LogP contribution in [-0.4, -0.2) is 75.0 Å². The lowest BCUT2D eigenvalue weighted by Gasteiger charge is -2.26. The van der Waals surface area contributed by atoms with Crippen LogP contribution in [0, 0.1) is 0 Å². The molecule has 2 rings (SSSR count). The topological polar surface area (TPSA) is 101 Å². The molecule has 0 aromatic heterocycles. The number of rotatable bonds is 1. The highest BCUT2D eigenvalue weighted by Crippen LogP contribution is 2.21. The van der Waals surface area contributed by atoms with E-state index in [1.165, 1.54) is 9.80 Å². The van der Waals surface area contributed by atoms with Crippen LogP contribution in [-0.2, 0) is 4.79 Å². The van der Waals surface area contributed by atoms with Gasteiger partial charge in [0.05, 0.1) is 12.2 Å². The van der Waals surface area contributed by atoms with Crippen molar-refractivity contribution >= 4 is 12.0 Å². The number of likely N-dealkylation sites (tertiary alicyclic amines) is 2. The molecule has 0 radical (unpaired) electrons. The largest absolute Gasteiger partial charge is 0.480 e. The van der Waals surface area contributed by atoms with Gasteiger partial charge in [0.2, 0.25) is 0 Å². The molecule has 2 amide bonds. The van der Waals surface area contributed by atoms with Crippen molar-refractivity contribution in [2.45, 2.75) is 31.1 Å². The van der Waals surface area contributed by atoms with Gasteiger partial charge >= 0.3 is 12.0 Å². The maximum absolute atomic E-state index is 12.0. The van der Waals surface area contributed by atoms with Crippen LogP contribution in [0.15, 0.2) is 0 Å². The normalized spacial score (nSPS) is 33.2. The first kappa shape index (κ1) is 12.1. The fourth-order valence-electron chi connectivity index (χ4n) is 2.36. The number of β-amino-alcohol motifs (C(OH)–C–C–N with tert-alkyl or cyclic N) is 2. The molecular weight excluding hydrogens is 228 g/mol. The van der Waals surface area contributed by atoms with Crippen molar-refractivity contribution in [2.75, 3.05) is 19.6 Å². The van der Waals surface area contributed by atoms with Gasteiger partial charge in [0, 0.05) is 26.1 Å². The summed E-state index contributed by atoms with van der Waals surface area (Å²) in [4.78, 5) is 25.6. The summed E-state index contributed by atoms with van der Waals surface area (Å²) in [7, 11) is 0. The average Bonchev–Trinajstić information content (AvgIpc) is 2.83. The smallest absolute Gasteiger partial charge is 0.326 e. The first-order valence-electron chi connectivity index (χ1n) is 5.63. The molecule has 3 atom stereocenters. The van der Waals surface area contributed by atoms with Crippen LogP contribution in [0.1, 0.15) is 12.8 Å². The number of aliphatic carboxylic acids is 1. The number of urea groups is 1. The molecule has 0 bridgehead atoms. The van der Waals surface area contributed by atoms with Crippen molar-refractivity contribution in [1.29, 1.82) is 0 Å². The van der Waals surface area contributed by atoms with Crippen LogP contribution in [0.25, 0.3) is 0 Å². The number of hydrogen-bond acceptors (Lipinski definition) is 4. The van der Waals surface area contributed by atoms with E-state index in [1.54, 1.807) is 0 Å². The highest BCUT2D eigenvalue weighted by Gasteiger charge is 2.41. The molecule has 2 heterocycles. The molecule has 2 fully saturated rings. The summed E-state index contributed by atoms with van der Waals surface area (Å²) in [6, 6.07) is -1.37. The monoisotopic (exact) mass is 244 g/mol. The fourth-order valence-corrected chi connectivity index (χ4v) is 2.36. The van der Waals surface area contributed by atoms with Crippen molar-refractivity contribution < 1.29 is 24.9 Å². The molecular formula is C10H16N2O5. The number of amides is 2. The minimum atomic E-state index is -1.10. The number of nitrogens with zero attached hydrogens (tertiary/aromatic N) is 2. The Hall–Kier alpha value is -1.34. The Balaban J connectivity index is 2.05. The van der Waals surface area contributed by atoms with Gasteiger partial charge in [-0.05, 0) is 6.42 Å². The number of carboxylic acids is 1. The Morgan fingerprint density at radius 3 is 2.35 bits per heavy atom. The number of hydrogen-bond donors (Lipinski definition) is 3. The first-order chi connectivity index (χ1) is 7.99. The Morgan fingerprint density at radius 1 is 1.12 bits per heavy atom. The van der Waals surface area contributed by atoms with Gasteiger partial charge in [-0.15, -0.1) is 0 Å². The molecule has 0 aliphatic carbocycles. The molecule has 0 spiro atoms. The second-order valence-electron chi connectivity index (χ2n) is 4.57. The van der Waals surface area contributed by atoms with Gasteiger partial charge < -0.3 is 25.1 Å². The molecule has 2 saturated heterocycles. The second kappa shape index (κ2) is 4.50. The lowest BCUT2D eigenvalue weighted by molar-refractivity contribution is -0.141. The highest BCUT2D eigenvalue weighted by atomic mass is 16.4. The lowest BCUT2D eigenvalue weighted by atomic mass is 10.2. The Kier molecular flexibility index (Phi) is 3.21. The SMILES string of the molecule is O=C(O)[C@@H]1C[C@@H](O)CN1C(=O)N1CCC(O)C1. The average molecular weight is 244 g/mol. The minimum absolute atomic E-state index is 0.0440. The molecule has 7 heteroatoms. The summed E-state index contributed by atoms with van der Waals surface area (Å²) in [6.07, 6.45) is -0.737. The number of carboxylic acid groups (broad SMARTS) is 1. The summed E-state index contributed by atoms with van der Waals surface area (Å²) in [5.41, 5.74) is 0. The van der Waals surface area contributed by atoms with E-state index in [1.807, 2.05) is 0 Å². The predicted molar refractivity (Wildman–Crippen MR) is 56.3 cm³/mol. The fraction of sp³-hybridized carbons (Fsp3) is 0.800. The van der Waals surface area contributed by atoms with Gasteiger partial charge in [-0.1, -0.05) is 0 Å². The maximum Gasteiger partial charge on any atom is 0.326 e. The van der Waals surface area contributed by atoms with Crippen LogP contribution in [0.4, 0.5) is 4.79 Å². The molecule has 2 aliphatic rings. The zero-order valence-corrected chi connectivity index (χ0v) is 9.32. The zero-order chi connectivity index (χ0) is 12.6. The highest BCUT2D eigenvalue weighted by molar-refractivity contribution is 5.83. The summed E-state index contributed by atoms with van der Waals surface area (Å²) < 4.78 is 0. The van der Waals surface area contributed by atoms with Crippen molar-refractivity contribution in [2.24, 2.45) is 0 Å². The van der Waals surface area contributed by atoms with Gasteiger partial charge in [0.25, 0.3) is 0 Å². The van der Waals surface area contributed by atoms with Crippen molar-refractivity contribution in [3.8, 4) is 0 Å². The molecule has 0 aromatic rings. The molecule has 7 nitrogen and oxygen atoms in total. The number of carbonyl (C=O) groups is 2. The third-order valence-electron chi connectivity index (χ3n) is 3.24. The summed E-state index contributed by atoms with van der Waals surface area (Å²) in [5.74, 6) is -1.10. The molecule has 3 N–H and O–H groups in total. The van der Waals surface area contributed by atoms with Gasteiger partial charge in [-0.2, -0.15) is 0 Å². The molecule has 0 aromatic carbocycles. The van der Waals surface area contributed by atoms with Gasteiger partial charge in [0.15, 0.2) is 0 Å². The summed E-state index contributed by atoms with van der Waals surface area (Å²) in [5, 5.41) is 27.7. The third-order valence-corrected chi connectivity index (χ3v) is 3.24. The Labute approximate surface area is 98.2 Å². The van der Waals surface area contributed by atoms with Crippen LogP contribution in [0.2, 0.25) is 0 Å². The van der Waals surface area contributed by atoms with E-state index in [0.29, 0.717) is 13.0 Å². The van der Waals surface area contributed by atoms with E-state index in [2.05, 4.69) is 0 Å². The van der Waals surface area contributed by atoms with E-state index in [0.717, 1.165) is 0 Å². The van der Waals surface area contributed by atoms with E-state index < -0.39 is 30.3 Å². The number of aliphatic hydroxyl groups is 2. The summed E-state index contributed by atoms with van der Waals surface area (Å²) >= 11 is 0. The lowest BCUT2D eigenvalue weighted by Crippen LogP contribution is -2.47. The molecule has 1 unspecified atom stereocenters. The van der Waals surface area contributed by atoms with E-state index in [9.17, 15) is 19.8 Å².